The lowest BCUT2D eigenvalue weighted by Crippen LogP contribution is -2.08. The Hall–Kier alpha value is -1.63. The van der Waals surface area contributed by atoms with Crippen molar-refractivity contribution in [2.45, 2.75) is 5.22 Å². The van der Waals surface area contributed by atoms with E-state index in [4.69, 9.17) is 10.2 Å². The van der Waals surface area contributed by atoms with Crippen molar-refractivity contribution in [2.24, 2.45) is 0 Å². The molecule has 0 atom stereocenters. The van der Waals surface area contributed by atoms with Gasteiger partial charge in [0.2, 0.25) is 9.84 Å². The summed E-state index contributed by atoms with van der Waals surface area (Å²) < 4.78 is 40.0. The summed E-state index contributed by atoms with van der Waals surface area (Å²) in [5.74, 6) is -0.630. The number of benzene rings is 1. The summed E-state index contributed by atoms with van der Waals surface area (Å²) in [6.07, 6.45) is 0. The third-order valence-electron chi connectivity index (χ3n) is 2.00. The number of hydrogen-bond donors (Lipinski definition) is 1. The average molecular weight is 244 g/mol. The lowest BCUT2D eigenvalue weighted by Gasteiger charge is -1.92. The van der Waals surface area contributed by atoms with Crippen molar-refractivity contribution >= 4 is 26.6 Å². The second-order valence-electron chi connectivity index (χ2n) is 3.21. The first-order valence-electron chi connectivity index (χ1n) is 4.48. The van der Waals surface area contributed by atoms with Crippen molar-refractivity contribution in [3.05, 3.63) is 18.2 Å². The van der Waals surface area contributed by atoms with Crippen LogP contribution in [0.1, 0.15) is 0 Å². The fraction of sp³-hybridized carbons (Fsp3) is 0.222. The molecule has 2 N–H and O–H groups in total. The fourth-order valence-corrected chi connectivity index (χ4v) is 2.08. The molecule has 0 amide bonds. The quantitative estimate of drug-likeness (QED) is 0.818. The summed E-state index contributed by atoms with van der Waals surface area (Å²) in [7, 11) is -3.78. The Morgan fingerprint density at radius 2 is 2.19 bits per heavy atom. The van der Waals surface area contributed by atoms with Gasteiger partial charge in [-0.3, -0.25) is 0 Å². The zero-order valence-electron chi connectivity index (χ0n) is 8.18. The molecule has 0 saturated heterocycles. The summed E-state index contributed by atoms with van der Waals surface area (Å²) in [6, 6.07) is 4.58. The molecule has 2 aromatic rings. The first-order valence-corrected chi connectivity index (χ1v) is 6.13. The minimum atomic E-state index is -3.78. The molecule has 1 aromatic carbocycles. The van der Waals surface area contributed by atoms with E-state index in [1.54, 1.807) is 6.07 Å². The van der Waals surface area contributed by atoms with Gasteiger partial charge in [0.1, 0.15) is 12.2 Å². The number of rotatable bonds is 3. The maximum absolute atomic E-state index is 12.0. The zero-order chi connectivity index (χ0) is 11.8. The average Bonchev–Trinajstić information content (AvgIpc) is 2.61. The van der Waals surface area contributed by atoms with Crippen molar-refractivity contribution in [2.75, 3.05) is 18.2 Å². The topological polar surface area (TPSA) is 86.2 Å². The summed E-state index contributed by atoms with van der Waals surface area (Å²) in [5, 5.41) is -0.467. The van der Waals surface area contributed by atoms with Gasteiger partial charge in [0.25, 0.3) is 0 Å². The van der Waals surface area contributed by atoms with Gasteiger partial charge in [-0.1, -0.05) is 0 Å². The number of fused-ring (bicyclic) bond motifs is 1. The van der Waals surface area contributed by atoms with Crippen LogP contribution in [0.2, 0.25) is 0 Å². The number of aromatic nitrogens is 1. The van der Waals surface area contributed by atoms with E-state index in [1.165, 1.54) is 12.1 Å². The lowest BCUT2D eigenvalue weighted by molar-refractivity contribution is 0.451. The van der Waals surface area contributed by atoms with E-state index in [-0.39, 0.29) is 0 Å². The molecule has 0 aliphatic rings. The highest BCUT2D eigenvalue weighted by molar-refractivity contribution is 7.91. The van der Waals surface area contributed by atoms with E-state index in [1.807, 2.05) is 0 Å². The summed E-state index contributed by atoms with van der Waals surface area (Å²) >= 11 is 0. The van der Waals surface area contributed by atoms with Crippen molar-refractivity contribution in [3.63, 3.8) is 0 Å². The minimum Gasteiger partial charge on any atom is -0.428 e. The maximum atomic E-state index is 12.0. The SMILES string of the molecule is Nc1ccc2oc(S(=O)(=O)CCF)nc2c1. The van der Waals surface area contributed by atoms with Crippen LogP contribution >= 0.6 is 0 Å². The number of oxazole rings is 1. The molecule has 2 rings (SSSR count). The predicted molar refractivity (Wildman–Crippen MR) is 56.4 cm³/mol. The molecule has 1 aromatic heterocycles. The first-order chi connectivity index (χ1) is 7.53. The standard InChI is InChI=1S/C9H9FN2O3S/c10-3-4-16(13,14)9-12-7-5-6(11)1-2-8(7)15-9/h1-2,5H,3-4,11H2. The second kappa shape index (κ2) is 3.75. The largest absolute Gasteiger partial charge is 0.428 e. The van der Waals surface area contributed by atoms with Gasteiger partial charge in [-0.25, -0.2) is 12.8 Å². The van der Waals surface area contributed by atoms with Gasteiger partial charge in [-0.2, -0.15) is 4.98 Å². The van der Waals surface area contributed by atoms with Crippen LogP contribution in [-0.2, 0) is 9.84 Å². The molecule has 0 aliphatic heterocycles. The Morgan fingerprint density at radius 1 is 1.44 bits per heavy atom. The van der Waals surface area contributed by atoms with Gasteiger partial charge < -0.3 is 10.2 Å². The third-order valence-corrected chi connectivity index (χ3v) is 3.40. The number of anilines is 1. The summed E-state index contributed by atoms with van der Waals surface area (Å²) in [4.78, 5) is 3.76. The van der Waals surface area contributed by atoms with Crippen LogP contribution in [0.5, 0.6) is 0 Å². The molecule has 0 bridgehead atoms. The number of nitrogens with two attached hydrogens (primary N) is 1. The molecule has 7 heteroatoms. The smallest absolute Gasteiger partial charge is 0.316 e. The molecule has 1 heterocycles. The van der Waals surface area contributed by atoms with Crippen molar-refractivity contribution in [1.82, 2.24) is 4.98 Å². The Kier molecular flexibility index (Phi) is 2.55. The lowest BCUT2D eigenvalue weighted by atomic mass is 10.3. The molecule has 0 radical (unpaired) electrons. The molecular formula is C9H9FN2O3S. The highest BCUT2D eigenvalue weighted by atomic mass is 32.2. The summed E-state index contributed by atoms with van der Waals surface area (Å²) in [6.45, 7) is -0.969. The van der Waals surface area contributed by atoms with Crippen molar-refractivity contribution < 1.29 is 17.2 Å². The van der Waals surface area contributed by atoms with E-state index in [9.17, 15) is 12.8 Å². The fourth-order valence-electron chi connectivity index (χ4n) is 1.25. The van der Waals surface area contributed by atoms with Gasteiger partial charge in [0, 0.05) is 5.69 Å². The molecule has 0 fully saturated rings. The van der Waals surface area contributed by atoms with Gasteiger partial charge in [-0.05, 0) is 18.2 Å². The highest BCUT2D eigenvalue weighted by Crippen LogP contribution is 2.21. The third kappa shape index (κ3) is 1.85. The van der Waals surface area contributed by atoms with Crippen LogP contribution in [0.15, 0.2) is 27.8 Å². The maximum Gasteiger partial charge on any atom is 0.316 e. The van der Waals surface area contributed by atoms with Gasteiger partial charge in [0.05, 0.1) is 5.75 Å². The van der Waals surface area contributed by atoms with Crippen molar-refractivity contribution in [1.29, 1.82) is 0 Å². The zero-order valence-corrected chi connectivity index (χ0v) is 9.00. The Labute approximate surface area is 91.0 Å². The Morgan fingerprint density at radius 3 is 2.88 bits per heavy atom. The van der Waals surface area contributed by atoms with Crippen LogP contribution in [0.3, 0.4) is 0 Å². The minimum absolute atomic E-state index is 0.312. The molecule has 5 nitrogen and oxygen atoms in total. The van der Waals surface area contributed by atoms with Crippen molar-refractivity contribution in [3.8, 4) is 0 Å². The van der Waals surface area contributed by atoms with E-state index in [0.29, 0.717) is 16.8 Å². The monoisotopic (exact) mass is 244 g/mol. The molecule has 0 unspecified atom stereocenters. The number of nitrogens with zero attached hydrogens (tertiary/aromatic N) is 1. The van der Waals surface area contributed by atoms with E-state index in [2.05, 4.69) is 4.98 Å². The van der Waals surface area contributed by atoms with E-state index in [0.717, 1.165) is 0 Å². The van der Waals surface area contributed by atoms with Crippen LogP contribution in [0, 0.1) is 0 Å². The Bertz CT molecular complexity index is 621. The molecule has 16 heavy (non-hydrogen) atoms. The second-order valence-corrected chi connectivity index (χ2v) is 5.20. The summed E-state index contributed by atoms with van der Waals surface area (Å²) in [5.41, 5.74) is 6.62. The first kappa shape index (κ1) is 10.9. The molecular weight excluding hydrogens is 235 g/mol. The van der Waals surface area contributed by atoms with Crippen LogP contribution in [0.4, 0.5) is 10.1 Å². The number of sulfone groups is 1. The van der Waals surface area contributed by atoms with Gasteiger partial charge in [0.15, 0.2) is 5.58 Å². The molecule has 0 saturated carbocycles. The van der Waals surface area contributed by atoms with Crippen LogP contribution in [-0.4, -0.2) is 25.8 Å². The van der Waals surface area contributed by atoms with Gasteiger partial charge in [-0.15, -0.1) is 0 Å². The normalized spacial score (nSPS) is 12.1. The predicted octanol–water partition coefficient (Wildman–Crippen LogP) is 1.15. The van der Waals surface area contributed by atoms with E-state index >= 15 is 0 Å². The highest BCUT2D eigenvalue weighted by Gasteiger charge is 2.21. The number of nitrogen functional groups attached to an aromatic ring is 1. The molecule has 0 aliphatic carbocycles. The number of halogens is 1. The number of hydrogen-bond acceptors (Lipinski definition) is 5. The molecule has 0 spiro atoms. The Balaban J connectivity index is 2.55. The van der Waals surface area contributed by atoms with Crippen LogP contribution in [0.25, 0.3) is 11.1 Å². The molecule has 86 valence electrons. The van der Waals surface area contributed by atoms with E-state index < -0.39 is 27.5 Å². The number of alkyl halides is 1. The van der Waals surface area contributed by atoms with Crippen LogP contribution < -0.4 is 5.73 Å². The van der Waals surface area contributed by atoms with Gasteiger partial charge >= 0.3 is 5.22 Å².